The molecule has 0 bridgehead atoms. The number of rotatable bonds is 8. The van der Waals surface area contributed by atoms with Crippen LogP contribution in [0.25, 0.3) is 5.76 Å². The van der Waals surface area contributed by atoms with Gasteiger partial charge in [-0.25, -0.2) is 0 Å². The van der Waals surface area contributed by atoms with Crippen molar-refractivity contribution >= 4 is 23.1 Å². The molecule has 0 aliphatic carbocycles. The maximum Gasteiger partial charge on any atom is 0.295 e. The molecule has 6 heteroatoms. The molecule has 2 aromatic rings. The molecule has 3 rings (SSSR count). The number of benzene rings is 2. The average molecular weight is 451 g/mol. The first-order valence-corrected chi connectivity index (χ1v) is 11.4. The van der Waals surface area contributed by atoms with Gasteiger partial charge in [0.25, 0.3) is 11.7 Å². The predicted octanol–water partition coefficient (Wildman–Crippen LogP) is 4.99. The summed E-state index contributed by atoms with van der Waals surface area (Å²) in [6.45, 7) is 6.37. The topological polar surface area (TPSA) is 70.1 Å². The van der Waals surface area contributed by atoms with E-state index in [0.29, 0.717) is 17.9 Å². The molecule has 6 nitrogen and oxygen atoms in total. The van der Waals surface area contributed by atoms with Crippen LogP contribution < -0.4 is 9.64 Å². The molecule has 1 fully saturated rings. The highest BCUT2D eigenvalue weighted by Gasteiger charge is 2.46. The zero-order valence-corrected chi connectivity index (χ0v) is 20.4. The molecule has 1 heterocycles. The lowest BCUT2D eigenvalue weighted by atomic mass is 9.93. The summed E-state index contributed by atoms with van der Waals surface area (Å²) in [5.41, 5.74) is 4.12. The molecule has 0 radical (unpaired) electrons. The lowest BCUT2D eigenvalue weighted by Crippen LogP contribution is -2.30. The third-order valence-corrected chi connectivity index (χ3v) is 6.15. The van der Waals surface area contributed by atoms with E-state index in [1.54, 1.807) is 11.0 Å². The third-order valence-electron chi connectivity index (χ3n) is 6.15. The van der Waals surface area contributed by atoms with E-state index in [4.69, 9.17) is 4.74 Å². The average Bonchev–Trinajstić information content (AvgIpc) is 3.03. The van der Waals surface area contributed by atoms with Crippen molar-refractivity contribution in [2.45, 2.75) is 46.1 Å². The van der Waals surface area contributed by atoms with Gasteiger partial charge in [0, 0.05) is 26.3 Å². The molecule has 1 N–H and O–H groups in total. The van der Waals surface area contributed by atoms with Gasteiger partial charge in [-0.2, -0.15) is 0 Å². The Bertz CT molecular complexity index is 1070. The highest BCUT2D eigenvalue weighted by Crippen LogP contribution is 2.42. The second kappa shape index (κ2) is 10.1. The molecule has 1 aliphatic rings. The van der Waals surface area contributed by atoms with E-state index in [0.717, 1.165) is 41.6 Å². The number of ether oxygens (including phenoxy) is 1. The molecule has 0 aromatic heterocycles. The third kappa shape index (κ3) is 4.75. The second-order valence-electron chi connectivity index (χ2n) is 8.85. The number of methoxy groups -OCH3 is 1. The number of likely N-dealkylation sites (tertiary alicyclic amines) is 1. The Hall–Kier alpha value is -3.28. The fraction of sp³-hybridized carbons (Fsp3) is 0.407. The Morgan fingerprint density at radius 3 is 2.33 bits per heavy atom. The van der Waals surface area contributed by atoms with Crippen LogP contribution in [0.5, 0.6) is 5.75 Å². The molecule has 1 amide bonds. The van der Waals surface area contributed by atoms with Gasteiger partial charge < -0.3 is 19.6 Å². The summed E-state index contributed by atoms with van der Waals surface area (Å²) in [4.78, 5) is 29.9. The number of anilines is 1. The van der Waals surface area contributed by atoms with Crippen LogP contribution in [0, 0.1) is 13.8 Å². The van der Waals surface area contributed by atoms with Gasteiger partial charge >= 0.3 is 0 Å². The minimum Gasteiger partial charge on any atom is -0.507 e. The van der Waals surface area contributed by atoms with E-state index in [2.05, 4.69) is 6.92 Å². The number of carbonyl (C=O) groups is 2. The van der Waals surface area contributed by atoms with Crippen molar-refractivity contribution in [3.8, 4) is 5.75 Å². The summed E-state index contributed by atoms with van der Waals surface area (Å²) >= 11 is 0. The van der Waals surface area contributed by atoms with Crippen LogP contribution in [-0.2, 0) is 9.59 Å². The van der Waals surface area contributed by atoms with Crippen molar-refractivity contribution in [2.75, 3.05) is 32.6 Å². The number of unbranched alkanes of at least 4 members (excludes halogenated alkanes) is 2. The number of hydrogen-bond donors (Lipinski definition) is 1. The lowest BCUT2D eigenvalue weighted by Gasteiger charge is -2.26. The predicted molar refractivity (Wildman–Crippen MR) is 132 cm³/mol. The molecule has 2 aromatic carbocycles. The van der Waals surface area contributed by atoms with Crippen LogP contribution in [0.1, 0.15) is 54.5 Å². The van der Waals surface area contributed by atoms with Gasteiger partial charge in [0.1, 0.15) is 11.5 Å². The molecule has 176 valence electrons. The number of aliphatic hydroxyl groups is 1. The van der Waals surface area contributed by atoms with Crippen molar-refractivity contribution in [1.82, 2.24) is 4.90 Å². The molecular formula is C27H34N2O4. The first-order valence-electron chi connectivity index (χ1n) is 11.4. The zero-order valence-electron chi connectivity index (χ0n) is 20.4. The van der Waals surface area contributed by atoms with Crippen molar-refractivity contribution in [2.24, 2.45) is 0 Å². The number of carbonyl (C=O) groups excluding carboxylic acids is 2. The fourth-order valence-electron chi connectivity index (χ4n) is 4.49. The van der Waals surface area contributed by atoms with Gasteiger partial charge in [-0.15, -0.1) is 0 Å². The standard InChI is InChI=1S/C27H34N2O4/c1-7-8-9-14-29-23(19-10-12-20(13-11-19)28(4)5)22(25(31)27(29)32)24(30)21-16-17(2)15-18(3)26(21)33-6/h10-13,15-16,23,30H,7-9,14H2,1-6H3/b24-22+. The van der Waals surface area contributed by atoms with Crippen LogP contribution >= 0.6 is 0 Å². The Morgan fingerprint density at radius 1 is 1.09 bits per heavy atom. The quantitative estimate of drug-likeness (QED) is 0.266. The summed E-state index contributed by atoms with van der Waals surface area (Å²) in [5.74, 6) is -0.932. The summed E-state index contributed by atoms with van der Waals surface area (Å²) in [5, 5.41) is 11.4. The number of aryl methyl sites for hydroxylation is 2. The molecular weight excluding hydrogens is 416 g/mol. The Kier molecular flexibility index (Phi) is 7.46. The Balaban J connectivity index is 2.20. The first kappa shape index (κ1) is 24.4. The van der Waals surface area contributed by atoms with E-state index in [1.165, 1.54) is 7.11 Å². The van der Waals surface area contributed by atoms with Crippen molar-refractivity contribution in [3.63, 3.8) is 0 Å². The molecule has 1 unspecified atom stereocenters. The van der Waals surface area contributed by atoms with E-state index in [9.17, 15) is 14.7 Å². The normalized spacial score (nSPS) is 17.5. The van der Waals surface area contributed by atoms with Gasteiger partial charge in [-0.3, -0.25) is 9.59 Å². The van der Waals surface area contributed by atoms with E-state index >= 15 is 0 Å². The summed E-state index contributed by atoms with van der Waals surface area (Å²) in [6.07, 6.45) is 2.76. The van der Waals surface area contributed by atoms with Crippen LogP contribution in [0.2, 0.25) is 0 Å². The summed E-state index contributed by atoms with van der Waals surface area (Å²) in [7, 11) is 5.45. The largest absolute Gasteiger partial charge is 0.507 e. The van der Waals surface area contributed by atoms with E-state index in [-0.39, 0.29) is 11.3 Å². The number of nitrogens with zero attached hydrogens (tertiary/aromatic N) is 2. The van der Waals surface area contributed by atoms with Crippen LogP contribution in [0.3, 0.4) is 0 Å². The zero-order chi connectivity index (χ0) is 24.3. The van der Waals surface area contributed by atoms with Gasteiger partial charge in [-0.05, 0) is 55.2 Å². The van der Waals surface area contributed by atoms with Gasteiger partial charge in [0.05, 0.1) is 24.3 Å². The van der Waals surface area contributed by atoms with Crippen LogP contribution in [0.15, 0.2) is 42.0 Å². The fourth-order valence-corrected chi connectivity index (χ4v) is 4.49. The molecule has 1 atom stereocenters. The Morgan fingerprint density at radius 2 is 1.76 bits per heavy atom. The van der Waals surface area contributed by atoms with Crippen molar-refractivity contribution in [1.29, 1.82) is 0 Å². The smallest absolute Gasteiger partial charge is 0.295 e. The monoisotopic (exact) mass is 450 g/mol. The molecule has 1 aliphatic heterocycles. The van der Waals surface area contributed by atoms with E-state index in [1.807, 2.05) is 63.2 Å². The maximum absolute atomic E-state index is 13.2. The number of ketones is 1. The van der Waals surface area contributed by atoms with Gasteiger partial charge in [0.2, 0.25) is 0 Å². The van der Waals surface area contributed by atoms with Crippen LogP contribution in [-0.4, -0.2) is 49.4 Å². The highest BCUT2D eigenvalue weighted by molar-refractivity contribution is 6.46. The van der Waals surface area contributed by atoms with E-state index < -0.39 is 17.7 Å². The SMILES string of the molecule is CCCCCN1C(=O)C(=O)/C(=C(/O)c2cc(C)cc(C)c2OC)C1c1ccc(N(C)C)cc1. The van der Waals surface area contributed by atoms with Crippen molar-refractivity contribution in [3.05, 3.63) is 64.2 Å². The minimum absolute atomic E-state index is 0.109. The number of hydrogen-bond acceptors (Lipinski definition) is 5. The highest BCUT2D eigenvalue weighted by atomic mass is 16.5. The Labute approximate surface area is 196 Å². The number of amides is 1. The lowest BCUT2D eigenvalue weighted by molar-refractivity contribution is -0.139. The number of Topliss-reactive ketones (excluding diaryl/α,β-unsaturated/α-hetero) is 1. The van der Waals surface area contributed by atoms with Gasteiger partial charge in [-0.1, -0.05) is 38.0 Å². The maximum atomic E-state index is 13.2. The molecule has 1 saturated heterocycles. The summed E-state index contributed by atoms with van der Waals surface area (Å²) in [6, 6.07) is 10.9. The molecule has 33 heavy (non-hydrogen) atoms. The van der Waals surface area contributed by atoms with Crippen LogP contribution in [0.4, 0.5) is 5.69 Å². The second-order valence-corrected chi connectivity index (χ2v) is 8.85. The first-order chi connectivity index (χ1) is 15.7. The number of aliphatic hydroxyl groups excluding tert-OH is 1. The van der Waals surface area contributed by atoms with Gasteiger partial charge in [0.15, 0.2) is 0 Å². The van der Waals surface area contributed by atoms with Crippen molar-refractivity contribution < 1.29 is 19.4 Å². The molecule has 0 spiro atoms. The molecule has 0 saturated carbocycles. The minimum atomic E-state index is -0.660. The summed E-state index contributed by atoms with van der Waals surface area (Å²) < 4.78 is 5.55.